The number of rotatable bonds is 2. The van der Waals surface area contributed by atoms with Crippen LogP contribution in [0.4, 0.5) is 5.13 Å². The van der Waals surface area contributed by atoms with Crippen molar-refractivity contribution in [2.45, 2.75) is 0 Å². The first-order valence-corrected chi connectivity index (χ1v) is 3.60. The van der Waals surface area contributed by atoms with Crippen LogP contribution in [0.2, 0.25) is 0 Å². The van der Waals surface area contributed by atoms with Crippen LogP contribution in [0.25, 0.3) is 0 Å². The predicted molar refractivity (Wildman–Crippen MR) is 54.3 cm³/mol. The predicted octanol–water partition coefficient (Wildman–Crippen LogP) is 0.884. The fourth-order valence-electron chi connectivity index (χ4n) is 0.455. The van der Waals surface area contributed by atoms with Gasteiger partial charge >= 0.3 is 0 Å². The van der Waals surface area contributed by atoms with Crippen molar-refractivity contribution in [2.75, 3.05) is 11.9 Å². The van der Waals surface area contributed by atoms with Gasteiger partial charge in [-0.1, -0.05) is 0 Å². The summed E-state index contributed by atoms with van der Waals surface area (Å²) >= 11 is 1.37. The zero-order valence-corrected chi connectivity index (χ0v) is 8.47. The number of amides is 1. The number of nitrogens with two attached hydrogens (primary N) is 1. The highest BCUT2D eigenvalue weighted by Gasteiger charge is 1.98. The molecule has 1 amide bonds. The van der Waals surface area contributed by atoms with Crippen LogP contribution < -0.4 is 11.1 Å². The van der Waals surface area contributed by atoms with Gasteiger partial charge in [0, 0.05) is 11.6 Å². The highest BCUT2D eigenvalue weighted by Crippen LogP contribution is 2.08. The first-order chi connectivity index (χ1) is 4.83. The molecule has 7 heteroatoms. The summed E-state index contributed by atoms with van der Waals surface area (Å²) in [5.74, 6) is -0.213. The van der Waals surface area contributed by atoms with Gasteiger partial charge in [0.05, 0.1) is 6.54 Å². The summed E-state index contributed by atoms with van der Waals surface area (Å²) in [5, 5.41) is 4.89. The van der Waals surface area contributed by atoms with E-state index in [1.165, 1.54) is 11.3 Å². The lowest BCUT2D eigenvalue weighted by Crippen LogP contribution is -2.21. The van der Waals surface area contributed by atoms with Crippen LogP contribution in [-0.2, 0) is 4.79 Å². The molecule has 0 radical (unpaired) electrons. The molecule has 0 unspecified atom stereocenters. The summed E-state index contributed by atoms with van der Waals surface area (Å²) in [4.78, 5) is 14.4. The number of hydrogen-bond acceptors (Lipinski definition) is 4. The minimum Gasteiger partial charge on any atom is -0.322 e. The molecule has 1 aromatic heterocycles. The van der Waals surface area contributed by atoms with E-state index in [0.29, 0.717) is 5.13 Å². The zero-order chi connectivity index (χ0) is 7.40. The molecule has 0 bridgehead atoms. The van der Waals surface area contributed by atoms with Crippen LogP contribution in [0.3, 0.4) is 0 Å². The molecule has 1 rings (SSSR count). The Bertz CT molecular complexity index is 216. The summed E-state index contributed by atoms with van der Waals surface area (Å²) in [7, 11) is 0. The Morgan fingerprint density at radius 2 is 2.33 bits per heavy atom. The smallest absolute Gasteiger partial charge is 0.239 e. The van der Waals surface area contributed by atoms with E-state index in [1.54, 1.807) is 11.6 Å². The SMILES string of the molecule is Cl.Cl.NCC(=O)Nc1nccs1. The first-order valence-electron chi connectivity index (χ1n) is 2.72. The molecule has 4 nitrogen and oxygen atoms in total. The van der Waals surface area contributed by atoms with Gasteiger partial charge in [0.2, 0.25) is 5.91 Å². The Hall–Kier alpha value is -0.360. The maximum absolute atomic E-state index is 10.6. The molecular formula is C5H9Cl2N3OS. The zero-order valence-electron chi connectivity index (χ0n) is 6.02. The van der Waals surface area contributed by atoms with E-state index in [9.17, 15) is 4.79 Å². The van der Waals surface area contributed by atoms with E-state index in [0.717, 1.165) is 0 Å². The number of nitrogens with one attached hydrogen (secondary N) is 1. The number of hydrogen-bond donors (Lipinski definition) is 2. The largest absolute Gasteiger partial charge is 0.322 e. The number of thiazole rings is 1. The van der Waals surface area contributed by atoms with Gasteiger partial charge in [-0.3, -0.25) is 4.79 Å². The highest BCUT2D eigenvalue weighted by atomic mass is 35.5. The van der Waals surface area contributed by atoms with Crippen molar-refractivity contribution in [3.63, 3.8) is 0 Å². The average molecular weight is 230 g/mol. The standard InChI is InChI=1S/C5H7N3OS.2ClH/c6-3-4(9)8-5-7-1-2-10-5;;/h1-2H,3,6H2,(H,7,8,9);2*1H. The van der Waals surface area contributed by atoms with Gasteiger partial charge in [-0.25, -0.2) is 4.98 Å². The highest BCUT2D eigenvalue weighted by molar-refractivity contribution is 7.13. The summed E-state index contributed by atoms with van der Waals surface area (Å²) in [5.41, 5.74) is 5.05. The second kappa shape index (κ2) is 7.30. The molecule has 0 spiro atoms. The molecule has 0 aromatic carbocycles. The number of nitrogens with zero attached hydrogens (tertiary/aromatic N) is 1. The van der Waals surface area contributed by atoms with Crippen LogP contribution in [0.1, 0.15) is 0 Å². The molecule has 0 aliphatic carbocycles. The third-order valence-electron chi connectivity index (χ3n) is 0.864. The van der Waals surface area contributed by atoms with Gasteiger partial charge in [0.15, 0.2) is 5.13 Å². The molecule has 0 aliphatic heterocycles. The average Bonchev–Trinajstić information content (AvgIpc) is 2.40. The van der Waals surface area contributed by atoms with Gasteiger partial charge < -0.3 is 11.1 Å². The van der Waals surface area contributed by atoms with E-state index >= 15 is 0 Å². The Balaban J connectivity index is 0. The van der Waals surface area contributed by atoms with E-state index < -0.39 is 0 Å². The van der Waals surface area contributed by atoms with Gasteiger partial charge in [0.1, 0.15) is 0 Å². The molecule has 3 N–H and O–H groups in total. The molecule has 12 heavy (non-hydrogen) atoms. The Labute approximate surface area is 86.4 Å². The Kier molecular flexibility index (Phi) is 8.62. The molecule has 0 saturated carbocycles. The molecule has 70 valence electrons. The van der Waals surface area contributed by atoms with Gasteiger partial charge in [0.25, 0.3) is 0 Å². The van der Waals surface area contributed by atoms with Crippen LogP contribution in [0, 0.1) is 0 Å². The molecule has 0 aliphatic rings. The Morgan fingerprint density at radius 1 is 1.67 bits per heavy atom. The molecule has 0 saturated heterocycles. The maximum Gasteiger partial charge on any atom is 0.239 e. The number of anilines is 1. The second-order valence-electron chi connectivity index (χ2n) is 1.59. The third kappa shape index (κ3) is 4.50. The third-order valence-corrected chi connectivity index (χ3v) is 1.55. The Morgan fingerprint density at radius 3 is 2.75 bits per heavy atom. The summed E-state index contributed by atoms with van der Waals surface area (Å²) in [6, 6.07) is 0. The van der Waals surface area contributed by atoms with Crippen molar-refractivity contribution >= 4 is 47.2 Å². The fraction of sp³-hybridized carbons (Fsp3) is 0.200. The molecule has 1 aromatic rings. The lowest BCUT2D eigenvalue weighted by molar-refractivity contribution is -0.114. The lowest BCUT2D eigenvalue weighted by atomic mass is 10.6. The van der Waals surface area contributed by atoms with Crippen molar-refractivity contribution < 1.29 is 4.79 Å². The quantitative estimate of drug-likeness (QED) is 0.792. The van der Waals surface area contributed by atoms with Gasteiger partial charge in [-0.15, -0.1) is 36.2 Å². The molecule has 0 atom stereocenters. The first kappa shape index (κ1) is 14.2. The van der Waals surface area contributed by atoms with Crippen LogP contribution in [0.15, 0.2) is 11.6 Å². The number of halogens is 2. The van der Waals surface area contributed by atoms with E-state index in [1.807, 2.05) is 0 Å². The van der Waals surface area contributed by atoms with Crippen molar-refractivity contribution in [3.8, 4) is 0 Å². The lowest BCUT2D eigenvalue weighted by Gasteiger charge is -1.94. The summed E-state index contributed by atoms with van der Waals surface area (Å²) < 4.78 is 0. The molecule has 0 fully saturated rings. The summed E-state index contributed by atoms with van der Waals surface area (Å²) in [6.07, 6.45) is 1.62. The summed E-state index contributed by atoms with van der Waals surface area (Å²) in [6.45, 7) is -0.000417. The minimum absolute atomic E-state index is 0. The van der Waals surface area contributed by atoms with Gasteiger partial charge in [-0.2, -0.15) is 0 Å². The van der Waals surface area contributed by atoms with E-state index in [2.05, 4.69) is 10.3 Å². The molecule has 1 heterocycles. The maximum atomic E-state index is 10.6. The number of carbonyl (C=O) groups excluding carboxylic acids is 1. The van der Waals surface area contributed by atoms with E-state index in [-0.39, 0.29) is 37.3 Å². The molecular weight excluding hydrogens is 221 g/mol. The normalized spacial score (nSPS) is 7.75. The minimum atomic E-state index is -0.213. The van der Waals surface area contributed by atoms with Crippen LogP contribution in [-0.4, -0.2) is 17.4 Å². The van der Waals surface area contributed by atoms with Crippen LogP contribution >= 0.6 is 36.2 Å². The monoisotopic (exact) mass is 229 g/mol. The van der Waals surface area contributed by atoms with E-state index in [4.69, 9.17) is 5.73 Å². The fourth-order valence-corrected chi connectivity index (χ4v) is 1.00. The topological polar surface area (TPSA) is 68.0 Å². The van der Waals surface area contributed by atoms with Crippen molar-refractivity contribution in [3.05, 3.63) is 11.6 Å². The number of aromatic nitrogens is 1. The van der Waals surface area contributed by atoms with Crippen molar-refractivity contribution in [2.24, 2.45) is 5.73 Å². The van der Waals surface area contributed by atoms with Crippen molar-refractivity contribution in [1.82, 2.24) is 4.98 Å². The number of carbonyl (C=O) groups is 1. The second-order valence-corrected chi connectivity index (χ2v) is 2.48. The van der Waals surface area contributed by atoms with Crippen molar-refractivity contribution in [1.29, 1.82) is 0 Å². The van der Waals surface area contributed by atoms with Crippen LogP contribution in [0.5, 0.6) is 0 Å². The van der Waals surface area contributed by atoms with Gasteiger partial charge in [-0.05, 0) is 0 Å².